The second kappa shape index (κ2) is 8.01. The molecule has 0 radical (unpaired) electrons. The van der Waals surface area contributed by atoms with E-state index in [0.717, 1.165) is 0 Å². The number of Topliss-reactive ketones (excluding diaryl/α,β-unsaturated/α-hetero) is 1. The van der Waals surface area contributed by atoms with Crippen LogP contribution in [0.1, 0.15) is 35.8 Å². The number of carbonyl (C=O) groups excluding carboxylic acids is 1. The molecule has 7 heteroatoms. The zero-order valence-electron chi connectivity index (χ0n) is 14.1. The lowest BCUT2D eigenvalue weighted by atomic mass is 9.95. The molecule has 0 aliphatic rings. The number of rotatable bonds is 7. The van der Waals surface area contributed by atoms with Gasteiger partial charge in [0.15, 0.2) is 11.7 Å². The third kappa shape index (κ3) is 3.92. The average Bonchev–Trinajstić information content (AvgIpc) is 2.64. The first-order valence-corrected chi connectivity index (χ1v) is 9.34. The number of ketones is 1. The predicted octanol–water partition coefficient (Wildman–Crippen LogP) is 2.60. The first-order chi connectivity index (χ1) is 12.0. The third-order valence-electron chi connectivity index (χ3n) is 3.86. The van der Waals surface area contributed by atoms with Gasteiger partial charge in [-0.1, -0.05) is 32.0 Å². The maximum atomic E-state index is 12.6. The fraction of sp³-hybridized carbons (Fsp3) is 0.278. The van der Waals surface area contributed by atoms with E-state index in [-0.39, 0.29) is 10.5 Å². The molecule has 0 aliphatic heterocycles. The van der Waals surface area contributed by atoms with E-state index in [9.17, 15) is 18.5 Å². The number of nitriles is 1. The summed E-state index contributed by atoms with van der Waals surface area (Å²) in [6, 6.07) is 12.7. The lowest BCUT2D eigenvalue weighted by Crippen LogP contribution is -2.30. The van der Waals surface area contributed by atoms with E-state index < -0.39 is 21.7 Å². The zero-order chi connectivity index (χ0) is 18.4. The highest BCUT2D eigenvalue weighted by atomic mass is 32.2. The summed E-state index contributed by atoms with van der Waals surface area (Å²) in [5, 5.41) is 9.32. The van der Waals surface area contributed by atoms with Gasteiger partial charge < -0.3 is 0 Å². The first-order valence-electron chi connectivity index (χ1n) is 7.90. The van der Waals surface area contributed by atoms with Gasteiger partial charge in [0, 0.05) is 24.8 Å². The number of pyridine rings is 1. The van der Waals surface area contributed by atoms with Gasteiger partial charge in [0.05, 0.1) is 16.7 Å². The summed E-state index contributed by atoms with van der Waals surface area (Å²) in [6.07, 6.45) is 1.52. The fourth-order valence-corrected chi connectivity index (χ4v) is 3.93. The second-order valence-electron chi connectivity index (χ2n) is 5.29. The highest BCUT2D eigenvalue weighted by Crippen LogP contribution is 2.21. The maximum Gasteiger partial charge on any atom is 0.243 e. The van der Waals surface area contributed by atoms with E-state index in [1.807, 2.05) is 6.07 Å². The van der Waals surface area contributed by atoms with Crippen molar-refractivity contribution in [3.63, 3.8) is 0 Å². The lowest BCUT2D eigenvalue weighted by molar-refractivity contribution is 0.0977. The van der Waals surface area contributed by atoms with Gasteiger partial charge in [-0.25, -0.2) is 8.42 Å². The van der Waals surface area contributed by atoms with Crippen molar-refractivity contribution in [1.29, 1.82) is 5.26 Å². The summed E-state index contributed by atoms with van der Waals surface area (Å²) < 4.78 is 26.3. The average molecular weight is 357 g/mol. The van der Waals surface area contributed by atoms with Crippen LogP contribution in [0.3, 0.4) is 0 Å². The molecular formula is C18H19N3O3S. The molecule has 1 heterocycles. The van der Waals surface area contributed by atoms with Gasteiger partial charge in [-0.3, -0.25) is 9.78 Å². The van der Waals surface area contributed by atoms with Crippen molar-refractivity contribution in [2.75, 3.05) is 13.1 Å². The summed E-state index contributed by atoms with van der Waals surface area (Å²) in [6.45, 7) is 4.28. The van der Waals surface area contributed by atoms with Crippen molar-refractivity contribution >= 4 is 15.8 Å². The van der Waals surface area contributed by atoms with E-state index in [1.165, 1.54) is 34.8 Å². The molecule has 1 aromatic carbocycles. The molecule has 1 atom stereocenters. The van der Waals surface area contributed by atoms with Gasteiger partial charge >= 0.3 is 0 Å². The second-order valence-corrected chi connectivity index (χ2v) is 7.23. The molecule has 25 heavy (non-hydrogen) atoms. The highest BCUT2D eigenvalue weighted by molar-refractivity contribution is 7.89. The summed E-state index contributed by atoms with van der Waals surface area (Å²) in [4.78, 5) is 16.7. The van der Waals surface area contributed by atoms with Crippen LogP contribution < -0.4 is 0 Å². The molecule has 0 bridgehead atoms. The van der Waals surface area contributed by atoms with Crippen molar-refractivity contribution in [2.45, 2.75) is 24.7 Å². The standard InChI is InChI=1S/C18H19N3O3S/c1-3-21(4-2)25(23,24)15-10-8-14(9-11-15)18(22)16(13-19)17-7-5-6-12-20-17/h5-12,16H,3-4H2,1-2H3/t16-/m1/s1. The molecule has 130 valence electrons. The molecule has 0 N–H and O–H groups in total. The molecule has 0 fully saturated rings. The maximum absolute atomic E-state index is 12.6. The monoisotopic (exact) mass is 357 g/mol. The normalized spacial score (nSPS) is 12.6. The van der Waals surface area contributed by atoms with Crippen molar-refractivity contribution < 1.29 is 13.2 Å². The van der Waals surface area contributed by atoms with Gasteiger partial charge in [-0.2, -0.15) is 9.57 Å². The Bertz CT molecular complexity index is 868. The van der Waals surface area contributed by atoms with E-state index in [1.54, 1.807) is 32.0 Å². The number of sulfonamides is 1. The van der Waals surface area contributed by atoms with Crippen LogP contribution in [-0.4, -0.2) is 36.6 Å². The summed E-state index contributed by atoms with van der Waals surface area (Å²) in [7, 11) is -3.58. The minimum Gasteiger partial charge on any atom is -0.292 e. The fourth-order valence-electron chi connectivity index (χ4n) is 2.48. The van der Waals surface area contributed by atoms with Gasteiger partial charge in [-0.15, -0.1) is 0 Å². The van der Waals surface area contributed by atoms with Crippen molar-refractivity contribution in [3.05, 3.63) is 59.9 Å². The predicted molar refractivity (Wildman–Crippen MR) is 93.5 cm³/mol. The Kier molecular flexibility index (Phi) is 6.02. The Hall–Kier alpha value is -2.56. The van der Waals surface area contributed by atoms with Crippen LogP contribution in [0.15, 0.2) is 53.6 Å². The first kappa shape index (κ1) is 18.8. The molecule has 2 rings (SSSR count). The smallest absolute Gasteiger partial charge is 0.243 e. The van der Waals surface area contributed by atoms with Crippen molar-refractivity contribution in [2.24, 2.45) is 0 Å². The largest absolute Gasteiger partial charge is 0.292 e. The zero-order valence-corrected chi connectivity index (χ0v) is 14.9. The summed E-state index contributed by atoms with van der Waals surface area (Å²) in [5.74, 6) is -1.43. The molecule has 0 unspecified atom stereocenters. The van der Waals surface area contributed by atoms with Crippen LogP contribution in [0.5, 0.6) is 0 Å². The lowest BCUT2D eigenvalue weighted by Gasteiger charge is -2.18. The summed E-state index contributed by atoms with van der Waals surface area (Å²) in [5.41, 5.74) is 0.644. The number of benzene rings is 1. The van der Waals surface area contributed by atoms with Crippen LogP contribution >= 0.6 is 0 Å². The minimum absolute atomic E-state index is 0.124. The molecule has 0 aliphatic carbocycles. The van der Waals surface area contributed by atoms with Gasteiger partial charge in [0.1, 0.15) is 0 Å². The molecule has 2 aromatic rings. The Labute approximate surface area is 147 Å². The van der Waals surface area contributed by atoms with Crippen LogP contribution in [0.4, 0.5) is 0 Å². The number of hydrogen-bond acceptors (Lipinski definition) is 5. The quantitative estimate of drug-likeness (QED) is 0.710. The highest BCUT2D eigenvalue weighted by Gasteiger charge is 2.25. The van der Waals surface area contributed by atoms with E-state index in [0.29, 0.717) is 18.8 Å². The SMILES string of the molecule is CCN(CC)S(=O)(=O)c1ccc(C(=O)[C@H](C#N)c2ccccn2)cc1. The Morgan fingerprint density at radius 3 is 2.28 bits per heavy atom. The molecule has 1 aromatic heterocycles. The Morgan fingerprint density at radius 1 is 1.16 bits per heavy atom. The van der Waals surface area contributed by atoms with E-state index in [4.69, 9.17) is 0 Å². The molecule has 0 amide bonds. The van der Waals surface area contributed by atoms with Crippen LogP contribution in [0.25, 0.3) is 0 Å². The third-order valence-corrected chi connectivity index (χ3v) is 5.92. The van der Waals surface area contributed by atoms with E-state index >= 15 is 0 Å². The molecule has 6 nitrogen and oxygen atoms in total. The number of aromatic nitrogens is 1. The topological polar surface area (TPSA) is 91.1 Å². The molecule has 0 saturated heterocycles. The number of nitrogens with zero attached hydrogens (tertiary/aromatic N) is 3. The molecule has 0 spiro atoms. The van der Waals surface area contributed by atoms with E-state index in [2.05, 4.69) is 4.98 Å². The number of carbonyl (C=O) groups is 1. The van der Waals surface area contributed by atoms with Gasteiger partial charge in [0.2, 0.25) is 10.0 Å². The molecular weight excluding hydrogens is 338 g/mol. The van der Waals surface area contributed by atoms with Crippen LogP contribution in [0.2, 0.25) is 0 Å². The minimum atomic E-state index is -3.58. The summed E-state index contributed by atoms with van der Waals surface area (Å²) >= 11 is 0. The van der Waals surface area contributed by atoms with Gasteiger partial charge in [-0.05, 0) is 24.3 Å². The Balaban J connectivity index is 2.31. The Morgan fingerprint density at radius 2 is 1.80 bits per heavy atom. The van der Waals surface area contributed by atoms with Crippen LogP contribution in [0, 0.1) is 11.3 Å². The van der Waals surface area contributed by atoms with Crippen LogP contribution in [-0.2, 0) is 10.0 Å². The molecule has 0 saturated carbocycles. The van der Waals surface area contributed by atoms with Gasteiger partial charge in [0.25, 0.3) is 0 Å². The van der Waals surface area contributed by atoms with Crippen molar-refractivity contribution in [1.82, 2.24) is 9.29 Å². The number of hydrogen-bond donors (Lipinski definition) is 0. The van der Waals surface area contributed by atoms with Crippen molar-refractivity contribution in [3.8, 4) is 6.07 Å².